The third-order valence-electron chi connectivity index (χ3n) is 1.67. The highest BCUT2D eigenvalue weighted by Gasteiger charge is 1.99. The zero-order valence-corrected chi connectivity index (χ0v) is 6.77. The van der Waals surface area contributed by atoms with Crippen LogP contribution in [0, 0.1) is 0 Å². The molecule has 0 saturated carbocycles. The fourth-order valence-corrected chi connectivity index (χ4v) is 1.01. The maximum Gasteiger partial charge on any atom is 0.343 e. The van der Waals surface area contributed by atoms with Crippen molar-refractivity contribution in [2.24, 2.45) is 0 Å². The molecule has 2 aromatic rings. The SMILES string of the molecule is O=c1[nH]ncn1CCc1ncn[nH]1. The van der Waals surface area contributed by atoms with E-state index in [1.165, 1.54) is 17.2 Å². The van der Waals surface area contributed by atoms with Crippen LogP contribution in [0.3, 0.4) is 0 Å². The van der Waals surface area contributed by atoms with E-state index in [0.717, 1.165) is 5.82 Å². The number of nitrogens with one attached hydrogen (secondary N) is 2. The number of nitrogens with zero attached hydrogens (tertiary/aromatic N) is 4. The van der Waals surface area contributed by atoms with Crippen molar-refractivity contribution < 1.29 is 0 Å². The van der Waals surface area contributed by atoms with E-state index in [2.05, 4.69) is 25.4 Å². The molecule has 0 unspecified atom stereocenters. The van der Waals surface area contributed by atoms with Gasteiger partial charge in [0.15, 0.2) is 0 Å². The van der Waals surface area contributed by atoms with Crippen LogP contribution in [0.1, 0.15) is 5.82 Å². The third kappa shape index (κ3) is 1.63. The Hall–Kier alpha value is -1.92. The van der Waals surface area contributed by atoms with Gasteiger partial charge in [0.2, 0.25) is 0 Å². The first kappa shape index (κ1) is 7.71. The monoisotopic (exact) mass is 180 g/mol. The average Bonchev–Trinajstić information content (AvgIpc) is 2.72. The molecular formula is C6H8N6O. The standard InChI is InChI=1S/C6H8N6O/c13-6-11-9-4-12(6)2-1-5-7-3-8-10-5/h3-4H,1-2H2,(H,11,13)(H,7,8,10). The zero-order valence-electron chi connectivity index (χ0n) is 6.77. The lowest BCUT2D eigenvalue weighted by Gasteiger charge is -1.95. The summed E-state index contributed by atoms with van der Waals surface area (Å²) in [5, 5.41) is 12.3. The highest BCUT2D eigenvalue weighted by molar-refractivity contribution is 4.80. The third-order valence-corrected chi connectivity index (χ3v) is 1.67. The van der Waals surface area contributed by atoms with E-state index in [1.54, 1.807) is 0 Å². The Morgan fingerprint density at radius 1 is 1.38 bits per heavy atom. The van der Waals surface area contributed by atoms with Crippen LogP contribution in [0.25, 0.3) is 0 Å². The van der Waals surface area contributed by atoms with Crippen LogP contribution in [-0.2, 0) is 13.0 Å². The smallest absolute Gasteiger partial charge is 0.281 e. The topological polar surface area (TPSA) is 92.2 Å². The van der Waals surface area contributed by atoms with Crippen molar-refractivity contribution in [1.82, 2.24) is 29.9 Å². The van der Waals surface area contributed by atoms with Gasteiger partial charge in [-0.15, -0.1) is 0 Å². The van der Waals surface area contributed by atoms with Crippen molar-refractivity contribution in [3.05, 3.63) is 29.0 Å². The number of rotatable bonds is 3. The lowest BCUT2D eigenvalue weighted by molar-refractivity contribution is 0.651. The second-order valence-electron chi connectivity index (χ2n) is 2.54. The summed E-state index contributed by atoms with van der Waals surface area (Å²) < 4.78 is 1.47. The minimum Gasteiger partial charge on any atom is -0.281 e. The first-order valence-corrected chi connectivity index (χ1v) is 3.80. The molecule has 0 amide bonds. The van der Waals surface area contributed by atoms with Gasteiger partial charge >= 0.3 is 5.69 Å². The molecule has 2 heterocycles. The van der Waals surface area contributed by atoms with Crippen molar-refractivity contribution in [1.29, 1.82) is 0 Å². The maximum atomic E-state index is 11.0. The predicted molar refractivity (Wildman–Crippen MR) is 42.9 cm³/mol. The van der Waals surface area contributed by atoms with Crippen LogP contribution < -0.4 is 5.69 Å². The molecule has 0 fully saturated rings. The van der Waals surface area contributed by atoms with Gasteiger partial charge in [0.25, 0.3) is 0 Å². The molecule has 2 rings (SSSR count). The van der Waals surface area contributed by atoms with Crippen LogP contribution >= 0.6 is 0 Å². The number of hydrogen-bond donors (Lipinski definition) is 2. The largest absolute Gasteiger partial charge is 0.343 e. The van der Waals surface area contributed by atoms with Crippen molar-refractivity contribution in [2.45, 2.75) is 13.0 Å². The zero-order chi connectivity index (χ0) is 9.10. The average molecular weight is 180 g/mol. The Morgan fingerprint density at radius 2 is 2.31 bits per heavy atom. The molecule has 7 nitrogen and oxygen atoms in total. The van der Waals surface area contributed by atoms with Crippen LogP contribution in [0.15, 0.2) is 17.4 Å². The number of aryl methyl sites for hydroxylation is 2. The summed E-state index contributed by atoms with van der Waals surface area (Å²) in [4.78, 5) is 14.9. The summed E-state index contributed by atoms with van der Waals surface area (Å²) in [5.74, 6) is 0.758. The van der Waals surface area contributed by atoms with Crippen LogP contribution in [0.4, 0.5) is 0 Å². The van der Waals surface area contributed by atoms with E-state index in [-0.39, 0.29) is 5.69 Å². The number of aromatic nitrogens is 6. The molecule has 68 valence electrons. The maximum absolute atomic E-state index is 11.0. The molecule has 7 heteroatoms. The quantitative estimate of drug-likeness (QED) is 0.629. The molecule has 0 spiro atoms. The van der Waals surface area contributed by atoms with Crippen molar-refractivity contribution in [2.75, 3.05) is 0 Å². The lowest BCUT2D eigenvalue weighted by Crippen LogP contribution is -2.17. The summed E-state index contributed by atoms with van der Waals surface area (Å²) in [6, 6.07) is 0. The fourth-order valence-electron chi connectivity index (χ4n) is 1.01. The highest BCUT2D eigenvalue weighted by atomic mass is 16.1. The van der Waals surface area contributed by atoms with Gasteiger partial charge in [-0.2, -0.15) is 10.2 Å². The fraction of sp³-hybridized carbons (Fsp3) is 0.333. The van der Waals surface area contributed by atoms with Crippen LogP contribution in [0.2, 0.25) is 0 Å². The van der Waals surface area contributed by atoms with E-state index >= 15 is 0 Å². The Kier molecular flexibility index (Phi) is 1.91. The lowest BCUT2D eigenvalue weighted by atomic mass is 10.4. The minimum atomic E-state index is -0.209. The van der Waals surface area contributed by atoms with E-state index in [4.69, 9.17) is 0 Å². The summed E-state index contributed by atoms with van der Waals surface area (Å²) >= 11 is 0. The van der Waals surface area contributed by atoms with Crippen LogP contribution in [-0.4, -0.2) is 29.9 Å². The molecule has 0 atom stereocenters. The minimum absolute atomic E-state index is 0.209. The molecular weight excluding hydrogens is 172 g/mol. The Bertz CT molecular complexity index is 412. The van der Waals surface area contributed by atoms with E-state index < -0.39 is 0 Å². The van der Waals surface area contributed by atoms with Gasteiger partial charge in [-0.25, -0.2) is 14.9 Å². The second kappa shape index (κ2) is 3.21. The number of H-pyrrole nitrogens is 2. The number of aromatic amines is 2. The summed E-state index contributed by atoms with van der Waals surface area (Å²) in [7, 11) is 0. The van der Waals surface area contributed by atoms with Gasteiger partial charge in [0, 0.05) is 13.0 Å². The van der Waals surface area contributed by atoms with Crippen LogP contribution in [0.5, 0.6) is 0 Å². The Morgan fingerprint density at radius 3 is 2.92 bits per heavy atom. The highest BCUT2D eigenvalue weighted by Crippen LogP contribution is 1.89. The molecule has 0 bridgehead atoms. The molecule has 0 aliphatic heterocycles. The van der Waals surface area contributed by atoms with E-state index in [1.807, 2.05) is 0 Å². The predicted octanol–water partition coefficient (Wildman–Crippen LogP) is -1.07. The first-order valence-electron chi connectivity index (χ1n) is 3.80. The molecule has 0 aromatic carbocycles. The summed E-state index contributed by atoms with van der Waals surface area (Å²) in [6.07, 6.45) is 3.53. The van der Waals surface area contributed by atoms with Gasteiger partial charge < -0.3 is 0 Å². The van der Waals surface area contributed by atoms with Gasteiger partial charge in [-0.05, 0) is 0 Å². The van der Waals surface area contributed by atoms with Gasteiger partial charge in [0.1, 0.15) is 18.5 Å². The Labute approximate surface area is 72.8 Å². The number of hydrogen-bond acceptors (Lipinski definition) is 4. The van der Waals surface area contributed by atoms with Crippen molar-refractivity contribution in [3.63, 3.8) is 0 Å². The van der Waals surface area contributed by atoms with E-state index in [9.17, 15) is 4.79 Å². The van der Waals surface area contributed by atoms with E-state index in [0.29, 0.717) is 13.0 Å². The molecule has 2 aromatic heterocycles. The van der Waals surface area contributed by atoms with Crippen molar-refractivity contribution in [3.8, 4) is 0 Å². The molecule has 0 aliphatic carbocycles. The van der Waals surface area contributed by atoms with Gasteiger partial charge in [-0.1, -0.05) is 0 Å². The van der Waals surface area contributed by atoms with Gasteiger partial charge in [0.05, 0.1) is 0 Å². The molecule has 13 heavy (non-hydrogen) atoms. The molecule has 0 aliphatic rings. The molecule has 0 radical (unpaired) electrons. The first-order chi connectivity index (χ1) is 6.36. The Balaban J connectivity index is 2.01. The second-order valence-corrected chi connectivity index (χ2v) is 2.54. The van der Waals surface area contributed by atoms with Gasteiger partial charge in [-0.3, -0.25) is 9.67 Å². The van der Waals surface area contributed by atoms with Crippen molar-refractivity contribution >= 4 is 0 Å². The normalized spacial score (nSPS) is 10.5. The molecule has 0 saturated heterocycles. The molecule has 2 N–H and O–H groups in total. The summed E-state index contributed by atoms with van der Waals surface area (Å²) in [5.41, 5.74) is -0.209. The summed E-state index contributed by atoms with van der Waals surface area (Å²) in [6.45, 7) is 0.546.